The normalized spacial score (nSPS) is 16.5. The van der Waals surface area contributed by atoms with Gasteiger partial charge in [-0.15, -0.1) is 8.73 Å². The van der Waals surface area contributed by atoms with Crippen molar-refractivity contribution in [3.05, 3.63) is 0 Å². The van der Waals surface area contributed by atoms with Crippen molar-refractivity contribution >= 4 is 30.7 Å². The van der Waals surface area contributed by atoms with Crippen LogP contribution in [0.2, 0.25) is 0 Å². The van der Waals surface area contributed by atoms with E-state index in [4.69, 9.17) is 19.1 Å². The molecule has 0 rings (SSSR count). The predicted molar refractivity (Wildman–Crippen MR) is 144 cm³/mol. The highest BCUT2D eigenvalue weighted by Crippen LogP contribution is 2.17. The van der Waals surface area contributed by atoms with Crippen molar-refractivity contribution in [3.63, 3.8) is 0 Å². The Morgan fingerprint density at radius 2 is 1.44 bits per heavy atom. The van der Waals surface area contributed by atoms with Gasteiger partial charge in [-0.05, 0) is 25.7 Å². The zero-order valence-corrected chi connectivity index (χ0v) is 23.0. The lowest BCUT2D eigenvalue weighted by molar-refractivity contribution is -0.156. The molecule has 0 spiro atoms. The molecule has 2 radical (unpaired) electrons. The summed E-state index contributed by atoms with van der Waals surface area (Å²) in [6, 6.07) is 0. The number of rotatable bonds is 25. The zero-order chi connectivity index (χ0) is 25.5. The van der Waals surface area contributed by atoms with Crippen LogP contribution in [-0.2, 0) is 14.0 Å². The van der Waals surface area contributed by atoms with E-state index in [1.807, 2.05) is 0 Å². The van der Waals surface area contributed by atoms with Crippen molar-refractivity contribution in [2.75, 3.05) is 6.61 Å². The van der Waals surface area contributed by atoms with E-state index in [1.54, 1.807) is 0 Å². The standard InChI is InChI=1S/C25H52BO4PSi/c1-3-5-7-9-11-13-15-17-19-24(23(27)21-22-29-32(26)31)30-25(28)20-18-16-14-12-10-8-6-4-2/h23-24,27,32H,3-22,31H2,1-2H3/t23-,24?,32?/m1/s1/i31T,32D/t23-,24?,31?,32?. The number of esters is 1. The Balaban J connectivity index is 4.33. The highest BCUT2D eigenvalue weighted by Gasteiger charge is 2.23. The van der Waals surface area contributed by atoms with Crippen molar-refractivity contribution in [1.82, 2.24) is 0 Å². The van der Waals surface area contributed by atoms with Gasteiger partial charge in [0.2, 0.25) is 0 Å². The monoisotopic (exact) mass is 489 g/mol. The summed E-state index contributed by atoms with van der Waals surface area (Å²) < 4.78 is 26.1. The molecule has 4 nitrogen and oxygen atoms in total. The summed E-state index contributed by atoms with van der Waals surface area (Å²) in [5, 5.41) is 10.7. The first-order valence-electron chi connectivity index (χ1n) is 14.4. The SMILES string of the molecule is [2H][Si]([B])(OCC[C@@H](O)C(CCCCCCCCCC)OC(=O)CCCCCCCCCC)P[3H]. The van der Waals surface area contributed by atoms with E-state index in [0.717, 1.165) is 32.1 Å². The molecule has 0 saturated carbocycles. The van der Waals surface area contributed by atoms with Gasteiger partial charge < -0.3 is 14.3 Å². The van der Waals surface area contributed by atoms with E-state index < -0.39 is 29.5 Å². The van der Waals surface area contributed by atoms with E-state index >= 15 is 0 Å². The van der Waals surface area contributed by atoms with E-state index in [2.05, 4.69) is 13.8 Å². The molecular weight excluding hydrogens is 434 g/mol. The molecule has 188 valence electrons. The molecule has 7 heteroatoms. The fourth-order valence-electron chi connectivity index (χ4n) is 3.92. The molecule has 0 aromatic heterocycles. The predicted octanol–water partition coefficient (Wildman–Crippen LogP) is 6.49. The van der Waals surface area contributed by atoms with Crippen molar-refractivity contribution in [3.8, 4) is 0 Å². The van der Waals surface area contributed by atoms with Gasteiger partial charge in [-0.3, -0.25) is 4.79 Å². The number of carbonyl (C=O) groups is 1. The maximum Gasteiger partial charge on any atom is 0.306 e. The molecule has 0 saturated heterocycles. The Morgan fingerprint density at radius 3 is 1.97 bits per heavy atom. The second-order valence-corrected chi connectivity index (χ2v) is 11.6. The maximum atomic E-state index is 12.4. The van der Waals surface area contributed by atoms with Crippen LogP contribution >= 0.6 is 8.73 Å². The van der Waals surface area contributed by atoms with Gasteiger partial charge in [0.05, 0.1) is 14.8 Å². The van der Waals surface area contributed by atoms with Crippen LogP contribution in [0, 0.1) is 0 Å². The van der Waals surface area contributed by atoms with Gasteiger partial charge in [-0.1, -0.05) is 104 Å². The molecule has 0 amide bonds. The average Bonchev–Trinajstić information content (AvgIpc) is 2.81. The van der Waals surface area contributed by atoms with Crippen LogP contribution in [0.3, 0.4) is 0 Å². The Bertz CT molecular complexity index is 478. The molecule has 0 aliphatic rings. The summed E-state index contributed by atoms with van der Waals surface area (Å²) >= 11 is 0. The van der Waals surface area contributed by atoms with Crippen molar-refractivity contribution in [1.29, 1.82) is 2.51 Å². The largest absolute Gasteiger partial charge is 0.460 e. The molecule has 1 N–H and O–H groups in total. The molecule has 32 heavy (non-hydrogen) atoms. The van der Waals surface area contributed by atoms with Crippen LogP contribution in [-0.4, -0.2) is 48.4 Å². The summed E-state index contributed by atoms with van der Waals surface area (Å²) in [4.78, 5) is 12.4. The van der Waals surface area contributed by atoms with Gasteiger partial charge in [0.15, 0.2) is 0 Å². The Morgan fingerprint density at radius 1 is 0.938 bits per heavy atom. The summed E-state index contributed by atoms with van der Waals surface area (Å²) in [6.45, 7) is 4.57. The average molecular weight is 490 g/mol. The van der Waals surface area contributed by atoms with E-state index in [9.17, 15) is 9.90 Å². The second kappa shape index (κ2) is 24.2. The Hall–Kier alpha value is 0.102. The molecule has 0 aromatic rings. The highest BCUT2D eigenvalue weighted by atomic mass is 31.3. The molecule has 3 unspecified atom stereocenters. The number of ether oxygens (including phenoxy) is 1. The lowest BCUT2D eigenvalue weighted by Crippen LogP contribution is -2.33. The number of aliphatic hydroxyl groups excluding tert-OH is 1. The van der Waals surface area contributed by atoms with Gasteiger partial charge >= 0.3 is 5.97 Å². The first kappa shape index (κ1) is 28.3. The van der Waals surface area contributed by atoms with Crippen molar-refractivity contribution < 1.29 is 19.1 Å². The second-order valence-electron chi connectivity index (χ2n) is 9.09. The minimum Gasteiger partial charge on any atom is -0.460 e. The molecule has 0 aliphatic heterocycles. The summed E-state index contributed by atoms with van der Waals surface area (Å²) in [7, 11) is 2.02. The summed E-state index contributed by atoms with van der Waals surface area (Å²) in [5.41, 5.74) is 0. The fourth-order valence-corrected chi connectivity index (χ4v) is 4.56. The minimum atomic E-state index is -3.17. The molecule has 0 aromatic carbocycles. The highest BCUT2D eigenvalue weighted by molar-refractivity contribution is 7.70. The van der Waals surface area contributed by atoms with Gasteiger partial charge in [-0.2, -0.15) is 0 Å². The van der Waals surface area contributed by atoms with E-state index in [0.29, 0.717) is 12.8 Å². The van der Waals surface area contributed by atoms with Gasteiger partial charge in [0.25, 0.3) is 0 Å². The third-order valence-electron chi connectivity index (χ3n) is 5.96. The lowest BCUT2D eigenvalue weighted by Gasteiger charge is -2.24. The topological polar surface area (TPSA) is 55.8 Å². The quantitative estimate of drug-likeness (QED) is 0.0689. The lowest BCUT2D eigenvalue weighted by atomic mass is 10.0. The van der Waals surface area contributed by atoms with Crippen LogP contribution < -0.4 is 0 Å². The van der Waals surface area contributed by atoms with Crippen LogP contribution in [0.25, 0.3) is 0 Å². The van der Waals surface area contributed by atoms with Crippen LogP contribution in [0.15, 0.2) is 0 Å². The molecule has 0 aliphatic carbocycles. The molecule has 4 atom stereocenters. The number of unbranched alkanes of at least 4 members (excludes halogenated alkanes) is 14. The van der Waals surface area contributed by atoms with Gasteiger partial charge in [-0.25, -0.2) is 0 Å². The molecule has 0 heterocycles. The molecule has 0 fully saturated rings. The minimum absolute atomic E-state index is 0.128. The van der Waals surface area contributed by atoms with Crippen molar-refractivity contribution in [2.24, 2.45) is 0 Å². The number of carbonyl (C=O) groups excluding carboxylic acids is 1. The maximum absolute atomic E-state index is 12.4. The molecular formula is C25H52BO4PSi. The molecule has 0 bridgehead atoms. The first-order valence-corrected chi connectivity index (χ1v) is 16.3. The van der Waals surface area contributed by atoms with Crippen molar-refractivity contribution in [2.45, 2.75) is 148 Å². The van der Waals surface area contributed by atoms with Crippen LogP contribution in [0.4, 0.5) is 0 Å². The summed E-state index contributed by atoms with van der Waals surface area (Å²) in [6.07, 6.45) is 18.9. The smallest absolute Gasteiger partial charge is 0.306 e. The van der Waals surface area contributed by atoms with Crippen LogP contribution in [0.5, 0.6) is 0 Å². The van der Waals surface area contributed by atoms with Gasteiger partial charge in [0.1, 0.15) is 14.6 Å². The number of hydrogen-bond acceptors (Lipinski definition) is 4. The Kier molecular flexibility index (Phi) is 21.5. The van der Waals surface area contributed by atoms with E-state index in [1.165, 1.54) is 70.6 Å². The summed E-state index contributed by atoms with van der Waals surface area (Å²) in [5.74, 6) is -0.230. The van der Waals surface area contributed by atoms with Crippen LogP contribution in [0.1, 0.15) is 136 Å². The first-order chi connectivity index (χ1) is 16.4. The van der Waals surface area contributed by atoms with E-state index in [-0.39, 0.29) is 19.0 Å². The zero-order valence-electron chi connectivity index (χ0n) is 23.0. The number of hydrogen-bond donors (Lipinski definition) is 1. The number of aliphatic hydroxyl groups is 1. The Labute approximate surface area is 207 Å². The van der Waals surface area contributed by atoms with Gasteiger partial charge in [0, 0.05) is 14.3 Å². The fraction of sp³-hybridized carbons (Fsp3) is 0.960. The third-order valence-corrected chi connectivity index (χ3v) is 6.91. The third kappa shape index (κ3) is 21.9.